The zero-order chi connectivity index (χ0) is 11.1. The Labute approximate surface area is 94.1 Å². The number of carbonyl (C=O) groups is 1. The van der Waals surface area contributed by atoms with Gasteiger partial charge in [0.25, 0.3) is 0 Å². The van der Waals surface area contributed by atoms with Crippen LogP contribution in [0.3, 0.4) is 0 Å². The first-order valence-corrected chi connectivity index (χ1v) is 6.09. The van der Waals surface area contributed by atoms with Crippen molar-refractivity contribution in [1.29, 1.82) is 0 Å². The van der Waals surface area contributed by atoms with Gasteiger partial charge in [-0.05, 0) is 25.7 Å². The van der Waals surface area contributed by atoms with Gasteiger partial charge in [0, 0.05) is 11.8 Å². The van der Waals surface area contributed by atoms with Gasteiger partial charge in [-0.1, -0.05) is 12.8 Å². The third-order valence-corrected chi connectivity index (χ3v) is 3.68. The molecule has 3 rings (SSSR count). The maximum atomic E-state index is 11.1. The standard InChI is InChI=1S/C12H16N2O2/c15-12(16)10-9(7-5-6-7)13-11(14-10)8-3-1-2-4-8/h7-8H,1-6H2,(H,13,14)(H,15,16). The molecule has 2 aliphatic rings. The summed E-state index contributed by atoms with van der Waals surface area (Å²) in [4.78, 5) is 18.7. The van der Waals surface area contributed by atoms with Crippen LogP contribution < -0.4 is 0 Å². The van der Waals surface area contributed by atoms with Crippen molar-refractivity contribution < 1.29 is 9.90 Å². The van der Waals surface area contributed by atoms with Crippen molar-refractivity contribution in [2.75, 3.05) is 0 Å². The lowest BCUT2D eigenvalue weighted by atomic mass is 10.1. The molecule has 0 amide bonds. The Morgan fingerprint density at radius 1 is 1.19 bits per heavy atom. The number of hydrogen-bond donors (Lipinski definition) is 2. The number of carboxylic acid groups (broad SMARTS) is 1. The lowest BCUT2D eigenvalue weighted by Crippen LogP contribution is -2.01. The third kappa shape index (κ3) is 1.62. The van der Waals surface area contributed by atoms with Crippen molar-refractivity contribution >= 4 is 5.97 Å². The van der Waals surface area contributed by atoms with Gasteiger partial charge in [0.15, 0.2) is 5.69 Å². The van der Waals surface area contributed by atoms with E-state index in [1.807, 2.05) is 0 Å². The Balaban J connectivity index is 1.94. The van der Waals surface area contributed by atoms with Crippen LogP contribution in [0, 0.1) is 0 Å². The second-order valence-corrected chi connectivity index (χ2v) is 4.95. The summed E-state index contributed by atoms with van der Waals surface area (Å²) < 4.78 is 0. The average Bonchev–Trinajstić information content (AvgIpc) is 2.83. The van der Waals surface area contributed by atoms with Crippen molar-refractivity contribution in [3.63, 3.8) is 0 Å². The summed E-state index contributed by atoms with van der Waals surface area (Å²) in [5, 5.41) is 9.12. The van der Waals surface area contributed by atoms with Crippen molar-refractivity contribution in [2.45, 2.75) is 50.4 Å². The van der Waals surface area contributed by atoms with Gasteiger partial charge in [0.2, 0.25) is 0 Å². The number of nitrogens with zero attached hydrogens (tertiary/aromatic N) is 1. The summed E-state index contributed by atoms with van der Waals surface area (Å²) in [6, 6.07) is 0. The highest BCUT2D eigenvalue weighted by Gasteiger charge is 2.33. The van der Waals surface area contributed by atoms with Crippen LogP contribution in [0.1, 0.15) is 72.4 Å². The van der Waals surface area contributed by atoms with Crippen LogP contribution in [0.15, 0.2) is 0 Å². The van der Waals surface area contributed by atoms with Crippen LogP contribution in [0.5, 0.6) is 0 Å². The van der Waals surface area contributed by atoms with Gasteiger partial charge in [-0.2, -0.15) is 0 Å². The van der Waals surface area contributed by atoms with Gasteiger partial charge in [0.05, 0.1) is 5.69 Å². The highest BCUT2D eigenvalue weighted by Crippen LogP contribution is 2.42. The summed E-state index contributed by atoms with van der Waals surface area (Å²) in [7, 11) is 0. The first-order valence-electron chi connectivity index (χ1n) is 6.09. The van der Waals surface area contributed by atoms with E-state index in [0.717, 1.165) is 37.2 Å². The Bertz CT molecular complexity index is 415. The number of aromatic nitrogens is 2. The van der Waals surface area contributed by atoms with Gasteiger partial charge in [-0.3, -0.25) is 0 Å². The number of imidazole rings is 1. The van der Waals surface area contributed by atoms with Crippen molar-refractivity contribution in [3.05, 3.63) is 17.2 Å². The van der Waals surface area contributed by atoms with Crippen LogP contribution in [0.2, 0.25) is 0 Å². The minimum atomic E-state index is -0.887. The molecule has 2 aliphatic carbocycles. The molecular formula is C12H16N2O2. The summed E-state index contributed by atoms with van der Waals surface area (Å²) in [6.45, 7) is 0. The lowest BCUT2D eigenvalue weighted by Gasteiger charge is -2.03. The van der Waals surface area contributed by atoms with E-state index in [-0.39, 0.29) is 5.69 Å². The summed E-state index contributed by atoms with van der Waals surface area (Å²) in [6.07, 6.45) is 6.99. The number of hydrogen-bond acceptors (Lipinski definition) is 2. The Morgan fingerprint density at radius 3 is 2.44 bits per heavy atom. The van der Waals surface area contributed by atoms with E-state index in [1.165, 1.54) is 12.8 Å². The quantitative estimate of drug-likeness (QED) is 0.822. The fraction of sp³-hybridized carbons (Fsp3) is 0.667. The first-order chi connectivity index (χ1) is 7.75. The number of aromatic carboxylic acids is 1. The fourth-order valence-corrected chi connectivity index (χ4v) is 2.63. The fourth-order valence-electron chi connectivity index (χ4n) is 2.63. The number of rotatable bonds is 3. The molecule has 0 unspecified atom stereocenters. The summed E-state index contributed by atoms with van der Waals surface area (Å²) in [5.74, 6) is 0.915. The van der Waals surface area contributed by atoms with Crippen LogP contribution in [-0.4, -0.2) is 21.0 Å². The summed E-state index contributed by atoms with van der Waals surface area (Å²) >= 11 is 0. The molecular weight excluding hydrogens is 204 g/mol. The van der Waals surface area contributed by atoms with Gasteiger partial charge in [0.1, 0.15) is 5.82 Å². The van der Waals surface area contributed by atoms with E-state index < -0.39 is 5.97 Å². The lowest BCUT2D eigenvalue weighted by molar-refractivity contribution is 0.0689. The molecule has 0 atom stereocenters. The molecule has 0 radical (unpaired) electrons. The van der Waals surface area contributed by atoms with E-state index in [2.05, 4.69) is 9.97 Å². The van der Waals surface area contributed by atoms with E-state index in [9.17, 15) is 4.79 Å². The maximum Gasteiger partial charge on any atom is 0.356 e. The number of carboxylic acids is 1. The largest absolute Gasteiger partial charge is 0.476 e. The Morgan fingerprint density at radius 2 is 1.88 bits per heavy atom. The second-order valence-electron chi connectivity index (χ2n) is 4.95. The Kier molecular flexibility index (Phi) is 2.23. The maximum absolute atomic E-state index is 11.1. The molecule has 16 heavy (non-hydrogen) atoms. The molecule has 86 valence electrons. The minimum absolute atomic E-state index is 0.268. The van der Waals surface area contributed by atoms with Crippen LogP contribution in [-0.2, 0) is 0 Å². The molecule has 0 bridgehead atoms. The Hall–Kier alpha value is -1.32. The average molecular weight is 220 g/mol. The third-order valence-electron chi connectivity index (χ3n) is 3.68. The predicted molar refractivity (Wildman–Crippen MR) is 58.7 cm³/mol. The number of nitrogens with one attached hydrogen (secondary N) is 1. The molecule has 0 saturated heterocycles. The molecule has 4 nitrogen and oxygen atoms in total. The first kappa shape index (κ1) is 9.87. The van der Waals surface area contributed by atoms with Gasteiger partial charge < -0.3 is 10.1 Å². The molecule has 1 aromatic rings. The van der Waals surface area contributed by atoms with Crippen LogP contribution >= 0.6 is 0 Å². The molecule has 0 spiro atoms. The molecule has 4 heteroatoms. The molecule has 0 aliphatic heterocycles. The number of aromatic amines is 1. The number of H-pyrrole nitrogens is 1. The highest BCUT2D eigenvalue weighted by atomic mass is 16.4. The van der Waals surface area contributed by atoms with Gasteiger partial charge in [-0.25, -0.2) is 9.78 Å². The van der Waals surface area contributed by atoms with E-state index >= 15 is 0 Å². The summed E-state index contributed by atoms with van der Waals surface area (Å²) in [5.41, 5.74) is 1.14. The predicted octanol–water partition coefficient (Wildman–Crippen LogP) is 2.64. The van der Waals surface area contributed by atoms with Crippen molar-refractivity contribution in [3.8, 4) is 0 Å². The zero-order valence-electron chi connectivity index (χ0n) is 9.20. The van der Waals surface area contributed by atoms with Crippen LogP contribution in [0.25, 0.3) is 0 Å². The van der Waals surface area contributed by atoms with Gasteiger partial charge in [-0.15, -0.1) is 0 Å². The minimum Gasteiger partial charge on any atom is -0.476 e. The topological polar surface area (TPSA) is 66.0 Å². The zero-order valence-corrected chi connectivity index (χ0v) is 9.20. The van der Waals surface area contributed by atoms with E-state index in [1.54, 1.807) is 0 Å². The monoisotopic (exact) mass is 220 g/mol. The van der Waals surface area contributed by atoms with Gasteiger partial charge >= 0.3 is 5.97 Å². The SMILES string of the molecule is O=C(O)c1nc(C2CCCC2)[nH]c1C1CC1. The molecule has 2 N–H and O–H groups in total. The molecule has 1 aromatic heterocycles. The second kappa shape index (κ2) is 3.61. The molecule has 2 saturated carbocycles. The normalized spacial score (nSPS) is 21.5. The molecule has 2 fully saturated rings. The smallest absolute Gasteiger partial charge is 0.356 e. The molecule has 0 aromatic carbocycles. The van der Waals surface area contributed by atoms with Crippen molar-refractivity contribution in [2.24, 2.45) is 0 Å². The van der Waals surface area contributed by atoms with E-state index in [0.29, 0.717) is 11.8 Å². The van der Waals surface area contributed by atoms with Crippen molar-refractivity contribution in [1.82, 2.24) is 9.97 Å². The molecule has 1 heterocycles. The van der Waals surface area contributed by atoms with E-state index in [4.69, 9.17) is 5.11 Å². The highest BCUT2D eigenvalue weighted by molar-refractivity contribution is 5.87. The van der Waals surface area contributed by atoms with Crippen LogP contribution in [0.4, 0.5) is 0 Å².